The van der Waals surface area contributed by atoms with Crippen LogP contribution in [0.1, 0.15) is 12.8 Å². The molecule has 21 heavy (non-hydrogen) atoms. The Morgan fingerprint density at radius 3 is 2.62 bits per heavy atom. The molecule has 0 saturated carbocycles. The fraction of sp³-hybridized carbons (Fsp3) is 0.385. The molecule has 114 valence electrons. The van der Waals surface area contributed by atoms with Gasteiger partial charge in [0.25, 0.3) is 0 Å². The molecule has 3 N–H and O–H groups in total. The van der Waals surface area contributed by atoms with Crippen molar-refractivity contribution in [2.75, 3.05) is 18.5 Å². The van der Waals surface area contributed by atoms with Gasteiger partial charge in [0.1, 0.15) is 5.54 Å². The van der Waals surface area contributed by atoms with E-state index in [9.17, 15) is 14.7 Å². The third-order valence-electron chi connectivity index (χ3n) is 3.31. The molecular weight excluding hydrogens is 364 g/mol. The maximum absolute atomic E-state index is 12.1. The van der Waals surface area contributed by atoms with Gasteiger partial charge in [-0.25, -0.2) is 9.59 Å². The molecule has 1 aromatic rings. The summed E-state index contributed by atoms with van der Waals surface area (Å²) in [6.45, 7) is 0.598. The average molecular weight is 378 g/mol. The van der Waals surface area contributed by atoms with Crippen molar-refractivity contribution < 1.29 is 19.4 Å². The van der Waals surface area contributed by atoms with Crippen molar-refractivity contribution in [3.05, 3.63) is 27.7 Å². The fourth-order valence-electron chi connectivity index (χ4n) is 2.08. The number of hydrogen-bond donors (Lipinski definition) is 3. The van der Waals surface area contributed by atoms with Gasteiger partial charge < -0.3 is 20.5 Å². The molecule has 1 aliphatic heterocycles. The van der Waals surface area contributed by atoms with Crippen molar-refractivity contribution in [2.24, 2.45) is 0 Å². The second kappa shape index (κ2) is 6.64. The maximum Gasteiger partial charge on any atom is 0.329 e. The lowest BCUT2D eigenvalue weighted by molar-refractivity contribution is -0.148. The Labute approximate surface area is 134 Å². The molecule has 2 rings (SSSR count). The Balaban J connectivity index is 2.09. The molecule has 2 amide bonds. The van der Waals surface area contributed by atoms with E-state index in [1.165, 1.54) is 0 Å². The fourth-order valence-corrected chi connectivity index (χ4v) is 2.62. The zero-order chi connectivity index (χ0) is 15.5. The van der Waals surface area contributed by atoms with Crippen molar-refractivity contribution in [3.8, 4) is 0 Å². The van der Waals surface area contributed by atoms with Crippen LogP contribution >= 0.6 is 27.5 Å². The zero-order valence-electron chi connectivity index (χ0n) is 11.0. The van der Waals surface area contributed by atoms with Gasteiger partial charge in [0.05, 0.1) is 15.2 Å². The number of nitrogens with one attached hydrogen (secondary N) is 2. The zero-order valence-corrected chi connectivity index (χ0v) is 13.3. The van der Waals surface area contributed by atoms with Crippen LogP contribution in [0.25, 0.3) is 0 Å². The minimum Gasteiger partial charge on any atom is -0.480 e. The monoisotopic (exact) mass is 376 g/mol. The number of hydrogen-bond acceptors (Lipinski definition) is 3. The van der Waals surface area contributed by atoms with E-state index < -0.39 is 17.5 Å². The number of carbonyl (C=O) groups is 2. The number of carboxylic acids is 1. The molecule has 0 bridgehead atoms. The molecule has 1 saturated heterocycles. The number of ether oxygens (including phenoxy) is 1. The van der Waals surface area contributed by atoms with E-state index in [2.05, 4.69) is 26.6 Å². The Morgan fingerprint density at radius 1 is 1.33 bits per heavy atom. The molecule has 0 atom stereocenters. The summed E-state index contributed by atoms with van der Waals surface area (Å²) >= 11 is 9.20. The first-order valence-corrected chi connectivity index (χ1v) is 7.46. The van der Waals surface area contributed by atoms with Gasteiger partial charge in [-0.3, -0.25) is 0 Å². The van der Waals surface area contributed by atoms with Crippen LogP contribution in [0.2, 0.25) is 5.02 Å². The van der Waals surface area contributed by atoms with Gasteiger partial charge in [0.2, 0.25) is 0 Å². The molecule has 1 heterocycles. The van der Waals surface area contributed by atoms with Gasteiger partial charge >= 0.3 is 12.0 Å². The number of anilines is 1. The van der Waals surface area contributed by atoms with Crippen molar-refractivity contribution in [3.63, 3.8) is 0 Å². The van der Waals surface area contributed by atoms with Gasteiger partial charge in [0.15, 0.2) is 0 Å². The minimum atomic E-state index is -1.30. The lowest BCUT2D eigenvalue weighted by Gasteiger charge is -2.33. The SMILES string of the molecule is O=C(Nc1cccc(Cl)c1Br)NC1(C(=O)O)CCOCC1. The third-order valence-corrected chi connectivity index (χ3v) is 4.71. The molecular formula is C13H14BrClN2O4. The predicted octanol–water partition coefficient (Wildman–Crippen LogP) is 2.86. The molecule has 0 unspecified atom stereocenters. The number of aliphatic carboxylic acids is 1. The number of carbonyl (C=O) groups excluding carboxylic acids is 1. The highest BCUT2D eigenvalue weighted by atomic mass is 79.9. The van der Waals surface area contributed by atoms with Crippen LogP contribution in [0.15, 0.2) is 22.7 Å². The largest absolute Gasteiger partial charge is 0.480 e. The first-order valence-electron chi connectivity index (χ1n) is 6.29. The van der Waals surface area contributed by atoms with E-state index >= 15 is 0 Å². The third kappa shape index (κ3) is 3.66. The lowest BCUT2D eigenvalue weighted by Crippen LogP contribution is -2.58. The summed E-state index contributed by atoms with van der Waals surface area (Å²) in [6, 6.07) is 4.42. The molecule has 8 heteroatoms. The van der Waals surface area contributed by atoms with Crippen LogP contribution in [0, 0.1) is 0 Å². The van der Waals surface area contributed by atoms with Gasteiger partial charge in [-0.15, -0.1) is 0 Å². The van der Waals surface area contributed by atoms with Gasteiger partial charge in [-0.1, -0.05) is 17.7 Å². The summed E-state index contributed by atoms with van der Waals surface area (Å²) in [6.07, 6.45) is 0.457. The van der Waals surface area contributed by atoms with Crippen molar-refractivity contribution >= 4 is 45.2 Å². The summed E-state index contributed by atoms with van der Waals surface area (Å²) in [5.41, 5.74) is -0.833. The van der Waals surface area contributed by atoms with Crippen LogP contribution in [0.3, 0.4) is 0 Å². The summed E-state index contributed by atoms with van der Waals surface area (Å²) in [7, 11) is 0. The predicted molar refractivity (Wildman–Crippen MR) is 81.7 cm³/mol. The smallest absolute Gasteiger partial charge is 0.329 e. The first-order chi connectivity index (χ1) is 9.94. The highest BCUT2D eigenvalue weighted by Crippen LogP contribution is 2.30. The van der Waals surface area contributed by atoms with Gasteiger partial charge in [-0.2, -0.15) is 0 Å². The first kappa shape index (κ1) is 16.1. The van der Waals surface area contributed by atoms with Crippen molar-refractivity contribution in [1.29, 1.82) is 0 Å². The highest BCUT2D eigenvalue weighted by Gasteiger charge is 2.41. The topological polar surface area (TPSA) is 87.7 Å². The normalized spacial score (nSPS) is 17.0. The van der Waals surface area contributed by atoms with E-state index in [0.29, 0.717) is 28.4 Å². The van der Waals surface area contributed by atoms with E-state index in [1.807, 2.05) is 0 Å². The lowest BCUT2D eigenvalue weighted by atomic mass is 9.90. The second-order valence-corrected chi connectivity index (χ2v) is 5.88. The summed E-state index contributed by atoms with van der Waals surface area (Å²) in [5, 5.41) is 15.0. The molecule has 6 nitrogen and oxygen atoms in total. The molecule has 0 spiro atoms. The number of carboxylic acid groups (broad SMARTS) is 1. The number of halogens is 2. The molecule has 0 aliphatic carbocycles. The molecule has 0 radical (unpaired) electrons. The van der Waals surface area contributed by atoms with E-state index in [0.717, 1.165) is 0 Å². The summed E-state index contributed by atoms with van der Waals surface area (Å²) in [4.78, 5) is 23.5. The van der Waals surface area contributed by atoms with Crippen molar-refractivity contribution in [2.45, 2.75) is 18.4 Å². The Kier molecular flexibility index (Phi) is 5.08. The Morgan fingerprint density at radius 2 is 2.00 bits per heavy atom. The van der Waals surface area contributed by atoms with Crippen LogP contribution < -0.4 is 10.6 Å². The Bertz CT molecular complexity index is 561. The van der Waals surface area contributed by atoms with Crippen LogP contribution in [-0.4, -0.2) is 35.9 Å². The second-order valence-electron chi connectivity index (χ2n) is 4.68. The van der Waals surface area contributed by atoms with Crippen LogP contribution in [0.4, 0.5) is 10.5 Å². The number of urea groups is 1. The van der Waals surface area contributed by atoms with Gasteiger partial charge in [0, 0.05) is 26.1 Å². The quantitative estimate of drug-likeness (QED) is 0.756. The Hall–Kier alpha value is -1.31. The van der Waals surface area contributed by atoms with Crippen LogP contribution in [0.5, 0.6) is 0 Å². The molecule has 1 aromatic carbocycles. The number of rotatable bonds is 3. The summed E-state index contributed by atoms with van der Waals surface area (Å²) < 4.78 is 5.69. The van der Waals surface area contributed by atoms with E-state index in [1.54, 1.807) is 18.2 Å². The number of benzene rings is 1. The number of amides is 2. The van der Waals surface area contributed by atoms with Gasteiger partial charge in [-0.05, 0) is 28.1 Å². The molecule has 1 fully saturated rings. The summed E-state index contributed by atoms with van der Waals surface area (Å²) in [5.74, 6) is -1.06. The van der Waals surface area contributed by atoms with Crippen molar-refractivity contribution in [1.82, 2.24) is 5.32 Å². The average Bonchev–Trinajstić information content (AvgIpc) is 2.44. The highest BCUT2D eigenvalue weighted by molar-refractivity contribution is 9.10. The minimum absolute atomic E-state index is 0.229. The maximum atomic E-state index is 12.1. The van der Waals surface area contributed by atoms with E-state index in [4.69, 9.17) is 16.3 Å². The standard InChI is InChI=1S/C13H14BrClN2O4/c14-10-8(15)2-1-3-9(10)16-12(20)17-13(11(18)19)4-6-21-7-5-13/h1-3H,4-7H2,(H,18,19)(H2,16,17,20). The van der Waals surface area contributed by atoms with E-state index in [-0.39, 0.29) is 12.8 Å². The molecule has 1 aliphatic rings. The van der Waals surface area contributed by atoms with Crippen LogP contribution in [-0.2, 0) is 9.53 Å². The molecule has 0 aromatic heterocycles.